The second-order valence-electron chi connectivity index (χ2n) is 14.9. The molecule has 1 nitrogen and oxygen atoms in total. The van der Waals surface area contributed by atoms with Crippen LogP contribution < -0.4 is 0 Å². The van der Waals surface area contributed by atoms with Crippen LogP contribution in [0.3, 0.4) is 0 Å². The summed E-state index contributed by atoms with van der Waals surface area (Å²) >= 11 is 0. The van der Waals surface area contributed by atoms with Crippen molar-refractivity contribution in [3.63, 3.8) is 0 Å². The van der Waals surface area contributed by atoms with Crippen molar-refractivity contribution in [2.24, 2.45) is 52.3 Å². The van der Waals surface area contributed by atoms with Gasteiger partial charge < -0.3 is 4.74 Å². The smallest absolute Gasteiger partial charge is 0.389 e. The average Bonchev–Trinajstić information content (AvgIpc) is 3.71. The average molecular weight is 587 g/mol. The minimum Gasteiger partial charge on any atom is -0.389 e. The zero-order valence-electron chi connectivity index (χ0n) is 26.1. The summed E-state index contributed by atoms with van der Waals surface area (Å²) in [7, 11) is 0. The Labute approximate surface area is 257 Å². The molecule has 4 fully saturated rings. The van der Waals surface area contributed by atoms with Crippen molar-refractivity contribution in [1.29, 1.82) is 0 Å². The normalized spacial score (nSPS) is 36.1. The SMILES string of the molecule is CC(CCC[C@@H](C)[C@H]1CC[C@H]2[C@@H]3CCC4CCCC[C@]4(C)[C@H]3CC[C@]12C)COC[c-]1cccc1.[Fe+2].c1cc[cH-]c1. The Morgan fingerprint density at radius 1 is 0.825 bits per heavy atom. The fourth-order valence-corrected chi connectivity index (χ4v) is 10.6. The van der Waals surface area contributed by atoms with Gasteiger partial charge in [-0.25, -0.2) is 24.3 Å². The molecular weight excluding hydrogens is 528 g/mol. The van der Waals surface area contributed by atoms with Gasteiger partial charge in [-0.15, -0.1) is 5.56 Å². The molecule has 40 heavy (non-hydrogen) atoms. The molecule has 0 bridgehead atoms. The molecule has 9 atom stereocenters. The number of hydrogen-bond acceptors (Lipinski definition) is 1. The molecule has 6 rings (SSSR count). The Bertz CT molecular complexity index is 931. The molecular formula is C38H58FeO. The van der Waals surface area contributed by atoms with Gasteiger partial charge in [0, 0.05) is 13.2 Å². The van der Waals surface area contributed by atoms with Crippen molar-refractivity contribution in [2.75, 3.05) is 6.61 Å². The van der Waals surface area contributed by atoms with Crippen LogP contribution in [0.1, 0.15) is 117 Å². The van der Waals surface area contributed by atoms with Crippen LogP contribution in [0.5, 0.6) is 0 Å². The number of rotatable bonds is 9. The predicted octanol–water partition coefficient (Wildman–Crippen LogP) is 10.8. The van der Waals surface area contributed by atoms with E-state index in [1.165, 1.54) is 63.4 Å². The van der Waals surface area contributed by atoms with E-state index >= 15 is 0 Å². The van der Waals surface area contributed by atoms with E-state index in [0.29, 0.717) is 16.7 Å². The summed E-state index contributed by atoms with van der Waals surface area (Å²) in [6.07, 6.45) is 19.5. The summed E-state index contributed by atoms with van der Waals surface area (Å²) in [6, 6.07) is 18.5. The van der Waals surface area contributed by atoms with Crippen LogP contribution in [0, 0.1) is 52.3 Å². The van der Waals surface area contributed by atoms with E-state index in [1.54, 1.807) is 25.7 Å². The Morgan fingerprint density at radius 3 is 2.30 bits per heavy atom. The van der Waals surface area contributed by atoms with Crippen molar-refractivity contribution in [1.82, 2.24) is 0 Å². The van der Waals surface area contributed by atoms with Gasteiger partial charge in [0.2, 0.25) is 0 Å². The molecule has 4 saturated carbocycles. The minimum atomic E-state index is 0. The summed E-state index contributed by atoms with van der Waals surface area (Å²) in [5, 5.41) is 0. The van der Waals surface area contributed by atoms with Crippen LogP contribution in [-0.2, 0) is 28.4 Å². The van der Waals surface area contributed by atoms with Gasteiger partial charge in [0.05, 0.1) is 0 Å². The van der Waals surface area contributed by atoms with Gasteiger partial charge in [-0.2, -0.15) is 30.3 Å². The van der Waals surface area contributed by atoms with Gasteiger partial charge in [0.1, 0.15) is 0 Å². The van der Waals surface area contributed by atoms with E-state index in [1.807, 2.05) is 30.3 Å². The van der Waals surface area contributed by atoms with Crippen molar-refractivity contribution in [3.8, 4) is 0 Å². The fourth-order valence-electron chi connectivity index (χ4n) is 10.6. The van der Waals surface area contributed by atoms with Gasteiger partial charge in [-0.3, -0.25) is 0 Å². The van der Waals surface area contributed by atoms with E-state index in [4.69, 9.17) is 4.74 Å². The second kappa shape index (κ2) is 14.6. The number of ether oxygens (including phenoxy) is 1. The maximum Gasteiger partial charge on any atom is 2.00 e. The standard InChI is InChI=1S/C33H53O.C5H5.Fe/c1-24(22-34-23-26-12-5-6-13-26)10-9-11-25(2)29-17-18-30-28-16-15-27-14-7-8-20-32(27,3)31(28)19-21-33(29,30)4;1-2-4-5-3-1;/h5-6,12-13,24-25,27-31H,7-11,14-23H2,1-4H3;1-5H;/q2*-1;+2/t24?,25-,27?,28+,29-,30+,31+,32+,33-;;/m1../s1. The van der Waals surface area contributed by atoms with Crippen molar-refractivity contribution < 1.29 is 21.8 Å². The third-order valence-corrected chi connectivity index (χ3v) is 12.7. The fraction of sp³-hybridized carbons (Fsp3) is 0.737. The molecule has 0 radical (unpaired) electrons. The summed E-state index contributed by atoms with van der Waals surface area (Å²) in [5.41, 5.74) is 2.63. The van der Waals surface area contributed by atoms with Crippen LogP contribution in [0.2, 0.25) is 0 Å². The molecule has 0 aromatic heterocycles. The molecule has 224 valence electrons. The van der Waals surface area contributed by atoms with E-state index < -0.39 is 0 Å². The first-order valence-electron chi connectivity index (χ1n) is 16.9. The molecule has 0 saturated heterocycles. The van der Waals surface area contributed by atoms with E-state index in [9.17, 15) is 0 Å². The summed E-state index contributed by atoms with van der Waals surface area (Å²) < 4.78 is 5.98. The molecule has 0 heterocycles. The van der Waals surface area contributed by atoms with Crippen molar-refractivity contribution in [2.45, 2.75) is 118 Å². The Morgan fingerprint density at radius 2 is 1.57 bits per heavy atom. The molecule has 0 amide bonds. The Kier molecular flexibility index (Phi) is 11.7. The first-order chi connectivity index (χ1) is 18.9. The molecule has 2 aromatic carbocycles. The summed E-state index contributed by atoms with van der Waals surface area (Å²) in [4.78, 5) is 0. The molecule has 2 aromatic rings. The quantitative estimate of drug-likeness (QED) is 0.210. The molecule has 0 spiro atoms. The maximum atomic E-state index is 5.98. The van der Waals surface area contributed by atoms with Crippen LogP contribution in [0.25, 0.3) is 0 Å². The monoisotopic (exact) mass is 586 g/mol. The molecule has 4 aliphatic carbocycles. The Balaban J connectivity index is 0.000000557. The summed E-state index contributed by atoms with van der Waals surface area (Å²) in [6.45, 7) is 12.2. The molecule has 2 heteroatoms. The zero-order valence-corrected chi connectivity index (χ0v) is 27.2. The third-order valence-electron chi connectivity index (χ3n) is 12.7. The zero-order chi connectivity index (χ0) is 27.3. The minimum absolute atomic E-state index is 0. The molecule has 4 aliphatic rings. The van der Waals surface area contributed by atoms with Crippen LogP contribution in [-0.4, -0.2) is 6.61 Å². The predicted molar refractivity (Wildman–Crippen MR) is 166 cm³/mol. The van der Waals surface area contributed by atoms with Crippen LogP contribution >= 0.6 is 0 Å². The first kappa shape index (κ1) is 32.1. The van der Waals surface area contributed by atoms with E-state index in [-0.39, 0.29) is 17.1 Å². The van der Waals surface area contributed by atoms with E-state index in [0.717, 1.165) is 48.7 Å². The largest absolute Gasteiger partial charge is 2.00 e. The number of hydrogen-bond donors (Lipinski definition) is 0. The Hall–Kier alpha value is -0.821. The van der Waals surface area contributed by atoms with Gasteiger partial charge in [0.15, 0.2) is 0 Å². The summed E-state index contributed by atoms with van der Waals surface area (Å²) in [5.74, 6) is 6.73. The van der Waals surface area contributed by atoms with Crippen molar-refractivity contribution in [3.05, 3.63) is 60.2 Å². The van der Waals surface area contributed by atoms with Crippen molar-refractivity contribution >= 4 is 0 Å². The number of fused-ring (bicyclic) bond motifs is 5. The first-order valence-corrected chi connectivity index (χ1v) is 16.9. The molecule has 0 aliphatic heterocycles. The van der Waals surface area contributed by atoms with Crippen LogP contribution in [0.4, 0.5) is 0 Å². The van der Waals surface area contributed by atoms with Gasteiger partial charge in [-0.1, -0.05) is 53.4 Å². The second-order valence-corrected chi connectivity index (χ2v) is 14.9. The molecule has 0 N–H and O–H groups in total. The van der Waals surface area contributed by atoms with Crippen LogP contribution in [0.15, 0.2) is 54.6 Å². The van der Waals surface area contributed by atoms with Gasteiger partial charge in [-0.05, 0) is 110 Å². The third kappa shape index (κ3) is 7.03. The van der Waals surface area contributed by atoms with Gasteiger partial charge in [0.25, 0.3) is 0 Å². The molecule has 2 unspecified atom stereocenters. The van der Waals surface area contributed by atoms with Gasteiger partial charge >= 0.3 is 17.1 Å². The van der Waals surface area contributed by atoms with E-state index in [2.05, 4.69) is 52.0 Å². The maximum absolute atomic E-state index is 5.98. The topological polar surface area (TPSA) is 9.23 Å².